The van der Waals surface area contributed by atoms with Crippen LogP contribution in [0.4, 0.5) is 0 Å². The molecule has 1 aromatic carbocycles. The van der Waals surface area contributed by atoms with Crippen molar-refractivity contribution in [2.75, 3.05) is 6.61 Å². The molecule has 0 amide bonds. The van der Waals surface area contributed by atoms with Crippen LogP contribution in [0.3, 0.4) is 0 Å². The lowest BCUT2D eigenvalue weighted by atomic mass is 9.86. The molecule has 0 atom stereocenters. The molecule has 3 rings (SSSR count). The molecule has 92 valence electrons. The first-order chi connectivity index (χ1) is 8.17. The van der Waals surface area contributed by atoms with Gasteiger partial charge in [-0.05, 0) is 65.2 Å². The highest BCUT2D eigenvalue weighted by atomic mass is 79.9. The molecule has 0 bridgehead atoms. The van der Waals surface area contributed by atoms with E-state index in [4.69, 9.17) is 10.5 Å². The van der Waals surface area contributed by atoms with Gasteiger partial charge in [0.2, 0.25) is 0 Å². The van der Waals surface area contributed by atoms with Crippen LogP contribution >= 0.6 is 15.9 Å². The lowest BCUT2D eigenvalue weighted by Crippen LogP contribution is -2.20. The Balaban J connectivity index is 1.68. The molecular weight excluding hydrogens is 278 g/mol. The standard InChI is InChI=1S/C14H18BrNO/c15-12-8-11(14(16)6-7-14)4-5-13(12)17-9-10-2-1-3-10/h4-5,8,10H,1-3,6-7,9,16H2. The second kappa shape index (κ2) is 4.29. The smallest absolute Gasteiger partial charge is 0.133 e. The summed E-state index contributed by atoms with van der Waals surface area (Å²) in [4.78, 5) is 0. The first-order valence-corrected chi connectivity index (χ1v) is 7.18. The van der Waals surface area contributed by atoms with E-state index in [2.05, 4.69) is 28.1 Å². The molecule has 0 saturated heterocycles. The second-order valence-corrected chi connectivity index (χ2v) is 6.26. The van der Waals surface area contributed by atoms with Crippen LogP contribution in [0.1, 0.15) is 37.7 Å². The van der Waals surface area contributed by atoms with Crippen molar-refractivity contribution in [2.45, 2.75) is 37.6 Å². The minimum Gasteiger partial charge on any atom is -0.492 e. The molecule has 2 fully saturated rings. The monoisotopic (exact) mass is 295 g/mol. The van der Waals surface area contributed by atoms with Crippen LogP contribution in [0, 0.1) is 5.92 Å². The molecule has 2 aliphatic carbocycles. The fraction of sp³-hybridized carbons (Fsp3) is 0.571. The van der Waals surface area contributed by atoms with E-state index in [1.807, 2.05) is 6.07 Å². The van der Waals surface area contributed by atoms with Crippen molar-refractivity contribution in [2.24, 2.45) is 11.7 Å². The molecule has 1 aromatic rings. The van der Waals surface area contributed by atoms with Gasteiger partial charge >= 0.3 is 0 Å². The van der Waals surface area contributed by atoms with Crippen molar-refractivity contribution >= 4 is 15.9 Å². The number of nitrogens with two attached hydrogens (primary N) is 1. The summed E-state index contributed by atoms with van der Waals surface area (Å²) >= 11 is 3.58. The molecule has 0 aromatic heterocycles. The van der Waals surface area contributed by atoms with E-state index in [0.29, 0.717) is 0 Å². The molecule has 2 N–H and O–H groups in total. The van der Waals surface area contributed by atoms with Crippen LogP contribution in [0.2, 0.25) is 0 Å². The van der Waals surface area contributed by atoms with E-state index < -0.39 is 0 Å². The van der Waals surface area contributed by atoms with Gasteiger partial charge in [0.05, 0.1) is 11.1 Å². The van der Waals surface area contributed by atoms with Gasteiger partial charge in [-0.15, -0.1) is 0 Å². The first kappa shape index (κ1) is 11.5. The Labute approximate surface area is 111 Å². The highest BCUT2D eigenvalue weighted by molar-refractivity contribution is 9.10. The number of hydrogen-bond acceptors (Lipinski definition) is 2. The van der Waals surface area contributed by atoms with Gasteiger partial charge in [0.15, 0.2) is 0 Å². The van der Waals surface area contributed by atoms with Crippen molar-refractivity contribution in [3.05, 3.63) is 28.2 Å². The van der Waals surface area contributed by atoms with Crippen LogP contribution in [-0.4, -0.2) is 6.61 Å². The summed E-state index contributed by atoms with van der Waals surface area (Å²) in [5.74, 6) is 1.72. The number of rotatable bonds is 4. The molecule has 17 heavy (non-hydrogen) atoms. The van der Waals surface area contributed by atoms with Crippen LogP contribution in [-0.2, 0) is 5.54 Å². The lowest BCUT2D eigenvalue weighted by Gasteiger charge is -2.25. The van der Waals surface area contributed by atoms with Crippen molar-refractivity contribution in [1.29, 1.82) is 0 Å². The fourth-order valence-corrected chi connectivity index (χ4v) is 2.71. The molecule has 0 heterocycles. The molecule has 0 radical (unpaired) electrons. The van der Waals surface area contributed by atoms with E-state index in [9.17, 15) is 0 Å². The van der Waals surface area contributed by atoms with Gasteiger partial charge in [0.1, 0.15) is 5.75 Å². The largest absolute Gasteiger partial charge is 0.492 e. The van der Waals surface area contributed by atoms with E-state index in [0.717, 1.165) is 35.6 Å². The first-order valence-electron chi connectivity index (χ1n) is 6.39. The van der Waals surface area contributed by atoms with Gasteiger partial charge in [0.25, 0.3) is 0 Å². The van der Waals surface area contributed by atoms with E-state index in [-0.39, 0.29) is 5.54 Å². The van der Waals surface area contributed by atoms with E-state index in [1.54, 1.807) is 0 Å². The minimum atomic E-state index is -0.0605. The van der Waals surface area contributed by atoms with Crippen LogP contribution in [0.25, 0.3) is 0 Å². The van der Waals surface area contributed by atoms with Crippen LogP contribution in [0.15, 0.2) is 22.7 Å². The zero-order valence-electron chi connectivity index (χ0n) is 9.92. The van der Waals surface area contributed by atoms with Gasteiger partial charge in [-0.3, -0.25) is 0 Å². The number of hydrogen-bond donors (Lipinski definition) is 1. The summed E-state index contributed by atoms with van der Waals surface area (Å²) in [6.45, 7) is 0.853. The molecular formula is C14H18BrNO. The van der Waals surface area contributed by atoms with E-state index >= 15 is 0 Å². The molecule has 2 nitrogen and oxygen atoms in total. The van der Waals surface area contributed by atoms with Gasteiger partial charge in [0, 0.05) is 5.54 Å². The summed E-state index contributed by atoms with van der Waals surface area (Å²) in [6.07, 6.45) is 6.20. The van der Waals surface area contributed by atoms with Gasteiger partial charge in [-0.25, -0.2) is 0 Å². The van der Waals surface area contributed by atoms with E-state index in [1.165, 1.54) is 24.8 Å². The topological polar surface area (TPSA) is 35.2 Å². The Morgan fingerprint density at radius 3 is 2.65 bits per heavy atom. The minimum absolute atomic E-state index is 0.0605. The molecule has 0 aliphatic heterocycles. The third kappa shape index (κ3) is 2.36. The Morgan fingerprint density at radius 2 is 2.12 bits per heavy atom. The Bertz CT molecular complexity index is 424. The highest BCUT2D eigenvalue weighted by Crippen LogP contribution is 2.44. The average molecular weight is 296 g/mol. The molecule has 0 spiro atoms. The van der Waals surface area contributed by atoms with Crippen LogP contribution in [0.5, 0.6) is 5.75 Å². The second-order valence-electron chi connectivity index (χ2n) is 5.41. The number of benzene rings is 1. The summed E-state index contributed by atoms with van der Waals surface area (Å²) in [7, 11) is 0. The van der Waals surface area contributed by atoms with Crippen molar-refractivity contribution in [1.82, 2.24) is 0 Å². The zero-order valence-corrected chi connectivity index (χ0v) is 11.5. The van der Waals surface area contributed by atoms with Crippen LogP contribution < -0.4 is 10.5 Å². The highest BCUT2D eigenvalue weighted by Gasteiger charge is 2.40. The quantitative estimate of drug-likeness (QED) is 0.921. The number of halogens is 1. The van der Waals surface area contributed by atoms with Crippen molar-refractivity contribution < 1.29 is 4.74 Å². The third-order valence-corrected chi connectivity index (χ3v) is 4.61. The van der Waals surface area contributed by atoms with Gasteiger partial charge in [-0.1, -0.05) is 12.5 Å². The predicted molar refractivity (Wildman–Crippen MR) is 72.1 cm³/mol. The molecule has 2 aliphatic rings. The Kier molecular flexibility index (Phi) is 2.91. The zero-order chi connectivity index (χ0) is 11.9. The summed E-state index contributed by atoms with van der Waals surface area (Å²) in [5.41, 5.74) is 7.34. The average Bonchev–Trinajstić information content (AvgIpc) is 2.98. The Hall–Kier alpha value is -0.540. The predicted octanol–water partition coefficient (Wildman–Crippen LogP) is 3.58. The normalized spacial score (nSPS) is 22.0. The van der Waals surface area contributed by atoms with Gasteiger partial charge in [-0.2, -0.15) is 0 Å². The number of ether oxygens (including phenoxy) is 1. The molecule has 2 saturated carbocycles. The Morgan fingerprint density at radius 1 is 1.35 bits per heavy atom. The molecule has 0 unspecified atom stereocenters. The third-order valence-electron chi connectivity index (χ3n) is 3.99. The summed E-state index contributed by atoms with van der Waals surface area (Å²) in [5, 5.41) is 0. The maximum absolute atomic E-state index is 6.18. The fourth-order valence-electron chi connectivity index (χ4n) is 2.22. The SMILES string of the molecule is NC1(c2ccc(OCC3CCC3)c(Br)c2)CC1. The lowest BCUT2D eigenvalue weighted by molar-refractivity contribution is 0.180. The van der Waals surface area contributed by atoms with Crippen molar-refractivity contribution in [3.8, 4) is 5.75 Å². The summed E-state index contributed by atoms with van der Waals surface area (Å²) in [6, 6.07) is 6.27. The van der Waals surface area contributed by atoms with Gasteiger partial charge < -0.3 is 10.5 Å². The molecule has 3 heteroatoms. The maximum Gasteiger partial charge on any atom is 0.133 e. The van der Waals surface area contributed by atoms with Crippen molar-refractivity contribution in [3.63, 3.8) is 0 Å². The maximum atomic E-state index is 6.18. The summed E-state index contributed by atoms with van der Waals surface area (Å²) < 4.78 is 6.87.